The summed E-state index contributed by atoms with van der Waals surface area (Å²) >= 11 is 1.88. The first kappa shape index (κ1) is 25.8. The van der Waals surface area contributed by atoms with Crippen LogP contribution in [0.3, 0.4) is 0 Å². The van der Waals surface area contributed by atoms with Crippen LogP contribution in [0.1, 0.15) is 0 Å². The average molecular weight is 592 g/mol. The molecule has 4 heteroatoms. The summed E-state index contributed by atoms with van der Waals surface area (Å²) in [5.41, 5.74) is 5.20. The number of hydrogen-bond donors (Lipinski definition) is 0. The Morgan fingerprint density at radius 3 is 1.64 bits per heavy atom. The monoisotopic (exact) mass is 591 g/mol. The molecule has 2 heterocycles. The van der Waals surface area contributed by atoms with Crippen molar-refractivity contribution in [3.05, 3.63) is 152 Å². The Hall–Kier alpha value is -5.71. The van der Waals surface area contributed by atoms with E-state index < -0.39 is 0 Å². The molecule has 9 aromatic rings. The van der Waals surface area contributed by atoms with E-state index in [9.17, 15) is 0 Å². The molecule has 210 valence electrons. The van der Waals surface area contributed by atoms with Gasteiger partial charge in [-0.25, -0.2) is 15.0 Å². The smallest absolute Gasteiger partial charge is 0.164 e. The lowest BCUT2D eigenvalue weighted by molar-refractivity contribution is 1.07. The maximum Gasteiger partial charge on any atom is 0.164 e. The van der Waals surface area contributed by atoms with E-state index in [1.165, 1.54) is 47.3 Å². The largest absolute Gasteiger partial charge is 0.208 e. The van der Waals surface area contributed by atoms with Crippen LogP contribution < -0.4 is 0 Å². The van der Waals surface area contributed by atoms with Gasteiger partial charge in [-0.3, -0.25) is 0 Å². The molecule has 3 nitrogen and oxygen atoms in total. The zero-order chi connectivity index (χ0) is 29.7. The molecule has 0 saturated heterocycles. The van der Waals surface area contributed by atoms with Crippen molar-refractivity contribution in [2.75, 3.05) is 0 Å². The lowest BCUT2D eigenvalue weighted by Gasteiger charge is -2.13. The van der Waals surface area contributed by atoms with E-state index >= 15 is 0 Å². The van der Waals surface area contributed by atoms with E-state index in [0.29, 0.717) is 17.5 Å². The zero-order valence-electron chi connectivity index (χ0n) is 24.2. The first-order chi connectivity index (χ1) is 22.3. The highest BCUT2D eigenvalue weighted by molar-refractivity contribution is 7.26. The summed E-state index contributed by atoms with van der Waals surface area (Å²) < 4.78 is 2.67. The molecule has 9 rings (SSSR count). The van der Waals surface area contributed by atoms with Gasteiger partial charge in [0.05, 0.1) is 0 Å². The Morgan fingerprint density at radius 1 is 0.378 bits per heavy atom. The molecule has 0 amide bonds. The van der Waals surface area contributed by atoms with Crippen LogP contribution in [0.15, 0.2) is 152 Å². The molecule has 0 spiro atoms. The van der Waals surface area contributed by atoms with E-state index in [-0.39, 0.29) is 0 Å². The third-order valence-electron chi connectivity index (χ3n) is 8.50. The van der Waals surface area contributed by atoms with Gasteiger partial charge in [0, 0.05) is 42.2 Å². The Balaban J connectivity index is 1.25. The normalized spacial score (nSPS) is 11.6. The van der Waals surface area contributed by atoms with Crippen LogP contribution in [0.5, 0.6) is 0 Å². The van der Waals surface area contributed by atoms with Crippen LogP contribution in [0.25, 0.3) is 87.0 Å². The van der Waals surface area contributed by atoms with E-state index in [0.717, 1.165) is 22.3 Å². The molecule has 7 aromatic carbocycles. The predicted molar refractivity (Wildman–Crippen MR) is 189 cm³/mol. The number of nitrogens with zero attached hydrogens (tertiary/aromatic N) is 3. The second kappa shape index (κ2) is 10.5. The van der Waals surface area contributed by atoms with Crippen molar-refractivity contribution in [3.63, 3.8) is 0 Å². The van der Waals surface area contributed by atoms with Crippen LogP contribution in [-0.2, 0) is 0 Å². The highest BCUT2D eigenvalue weighted by Gasteiger charge is 2.16. The molecular formula is C41H25N3S. The quantitative estimate of drug-likeness (QED) is 0.191. The maximum atomic E-state index is 4.98. The van der Waals surface area contributed by atoms with Crippen LogP contribution >= 0.6 is 11.3 Å². The van der Waals surface area contributed by atoms with E-state index in [2.05, 4.69) is 91.0 Å². The summed E-state index contributed by atoms with van der Waals surface area (Å²) in [5.74, 6) is 1.98. The Bertz CT molecular complexity index is 2480. The number of thiophene rings is 1. The number of aromatic nitrogens is 3. The van der Waals surface area contributed by atoms with Crippen LogP contribution in [-0.4, -0.2) is 15.0 Å². The van der Waals surface area contributed by atoms with Gasteiger partial charge in [-0.15, -0.1) is 11.3 Å². The van der Waals surface area contributed by atoms with Gasteiger partial charge in [0.2, 0.25) is 0 Å². The molecule has 0 aliphatic heterocycles. The molecule has 45 heavy (non-hydrogen) atoms. The molecule has 0 aliphatic rings. The molecular weight excluding hydrogens is 567 g/mol. The van der Waals surface area contributed by atoms with Crippen molar-refractivity contribution in [3.8, 4) is 45.3 Å². The minimum Gasteiger partial charge on any atom is -0.208 e. The van der Waals surface area contributed by atoms with Crippen molar-refractivity contribution < 1.29 is 0 Å². The van der Waals surface area contributed by atoms with Crippen LogP contribution in [0.2, 0.25) is 0 Å². The van der Waals surface area contributed by atoms with Gasteiger partial charge in [0.15, 0.2) is 17.5 Å². The fraction of sp³-hybridized carbons (Fsp3) is 0. The van der Waals surface area contributed by atoms with Gasteiger partial charge < -0.3 is 0 Å². The summed E-state index contributed by atoms with van der Waals surface area (Å²) in [6.45, 7) is 0. The van der Waals surface area contributed by atoms with Gasteiger partial charge in [0.25, 0.3) is 0 Å². The van der Waals surface area contributed by atoms with E-state index in [1.807, 2.05) is 72.0 Å². The second-order valence-electron chi connectivity index (χ2n) is 11.2. The molecule has 0 bridgehead atoms. The fourth-order valence-corrected chi connectivity index (χ4v) is 7.65. The molecule has 0 fully saturated rings. The topological polar surface area (TPSA) is 38.7 Å². The number of hydrogen-bond acceptors (Lipinski definition) is 4. The van der Waals surface area contributed by atoms with Gasteiger partial charge in [-0.1, -0.05) is 133 Å². The Morgan fingerprint density at radius 2 is 0.933 bits per heavy atom. The molecule has 0 aliphatic carbocycles. The average Bonchev–Trinajstić information content (AvgIpc) is 3.51. The van der Waals surface area contributed by atoms with Gasteiger partial charge in [-0.05, 0) is 45.5 Å². The van der Waals surface area contributed by atoms with E-state index in [1.54, 1.807) is 0 Å². The lowest BCUT2D eigenvalue weighted by Crippen LogP contribution is -2.00. The fourth-order valence-electron chi connectivity index (χ4n) is 6.37. The highest BCUT2D eigenvalue weighted by Crippen LogP contribution is 2.43. The molecule has 0 saturated carbocycles. The number of benzene rings is 7. The summed E-state index contributed by atoms with van der Waals surface area (Å²) in [6, 6.07) is 53.2. The molecule has 0 N–H and O–H groups in total. The lowest BCUT2D eigenvalue weighted by atomic mass is 9.92. The first-order valence-electron chi connectivity index (χ1n) is 15.0. The standard InChI is InChI=1S/C41H25N3S/c1-3-12-26(13-4-1)39-42-40(27-14-5-2-6-15-27)44-41(43-39)30-17-11-16-28(24-30)35-25-29-22-23-34-32-19-9-10-21-36(32)45-38(34)37(29)33-20-8-7-18-31(33)35/h1-25H. The van der Waals surface area contributed by atoms with Crippen molar-refractivity contribution in [2.45, 2.75) is 0 Å². The SMILES string of the molecule is c1ccc(-c2nc(-c3ccccc3)nc(-c3cccc(-c4cc5ccc6c7ccccc7sc6c5c5ccccc45)c3)n2)cc1. The summed E-state index contributed by atoms with van der Waals surface area (Å²) in [6.07, 6.45) is 0. The first-order valence-corrected chi connectivity index (χ1v) is 15.9. The summed E-state index contributed by atoms with van der Waals surface area (Å²) in [7, 11) is 0. The molecule has 0 unspecified atom stereocenters. The van der Waals surface area contributed by atoms with Crippen LogP contribution in [0, 0.1) is 0 Å². The van der Waals surface area contributed by atoms with Crippen molar-refractivity contribution in [1.29, 1.82) is 0 Å². The van der Waals surface area contributed by atoms with Crippen molar-refractivity contribution in [2.24, 2.45) is 0 Å². The maximum absolute atomic E-state index is 4.98. The Kier molecular flexibility index (Phi) is 6.00. The molecule has 0 atom stereocenters. The molecule has 2 aromatic heterocycles. The van der Waals surface area contributed by atoms with E-state index in [4.69, 9.17) is 15.0 Å². The number of rotatable bonds is 4. The Labute approximate surface area is 264 Å². The second-order valence-corrected chi connectivity index (χ2v) is 12.3. The third kappa shape index (κ3) is 4.38. The van der Waals surface area contributed by atoms with Gasteiger partial charge in [-0.2, -0.15) is 0 Å². The van der Waals surface area contributed by atoms with Crippen molar-refractivity contribution in [1.82, 2.24) is 15.0 Å². The predicted octanol–water partition coefficient (Wildman–Crippen LogP) is 11.2. The summed E-state index contributed by atoms with van der Waals surface area (Å²) in [4.78, 5) is 14.8. The molecule has 0 radical (unpaired) electrons. The third-order valence-corrected chi connectivity index (χ3v) is 9.70. The highest BCUT2D eigenvalue weighted by atomic mass is 32.1. The van der Waals surface area contributed by atoms with Gasteiger partial charge >= 0.3 is 0 Å². The number of fused-ring (bicyclic) bond motifs is 7. The van der Waals surface area contributed by atoms with Crippen molar-refractivity contribution >= 4 is 53.1 Å². The van der Waals surface area contributed by atoms with Crippen LogP contribution in [0.4, 0.5) is 0 Å². The minimum atomic E-state index is 0.654. The zero-order valence-corrected chi connectivity index (χ0v) is 25.0. The summed E-state index contributed by atoms with van der Waals surface area (Å²) in [5, 5.41) is 7.71. The minimum absolute atomic E-state index is 0.654. The van der Waals surface area contributed by atoms with Gasteiger partial charge in [0.1, 0.15) is 0 Å².